The summed E-state index contributed by atoms with van der Waals surface area (Å²) in [5, 5.41) is 2.48. The molecule has 0 spiro atoms. The molecule has 0 saturated carbocycles. The molecule has 0 aromatic heterocycles. The van der Waals surface area contributed by atoms with E-state index in [2.05, 4.69) is 5.32 Å². The van der Waals surface area contributed by atoms with Crippen molar-refractivity contribution >= 4 is 21.7 Å². The van der Waals surface area contributed by atoms with E-state index in [1.54, 1.807) is 6.92 Å². The number of nitrogens with one attached hydrogen (secondary N) is 1. The lowest BCUT2D eigenvalue weighted by molar-refractivity contribution is -0.122. The molecule has 1 unspecified atom stereocenters. The lowest BCUT2D eigenvalue weighted by Gasteiger charge is -2.23. The molecule has 7 heteroatoms. The van der Waals surface area contributed by atoms with Gasteiger partial charge in [-0.05, 0) is 25.1 Å². The van der Waals surface area contributed by atoms with Crippen LogP contribution in [0.15, 0.2) is 23.1 Å². The van der Waals surface area contributed by atoms with Gasteiger partial charge in [0.05, 0.1) is 10.6 Å². The average molecular weight is 243 g/mol. The Hall–Kier alpha value is -1.60. The zero-order valence-corrected chi connectivity index (χ0v) is 9.11. The highest BCUT2D eigenvalue weighted by molar-refractivity contribution is 7.85. The average Bonchev–Trinajstić information content (AvgIpc) is 2.17. The Morgan fingerprint density at radius 1 is 1.44 bits per heavy atom. The van der Waals surface area contributed by atoms with Gasteiger partial charge < -0.3 is 10.1 Å². The van der Waals surface area contributed by atoms with Gasteiger partial charge in [0.1, 0.15) is 5.75 Å². The molecule has 0 fully saturated rings. The van der Waals surface area contributed by atoms with Gasteiger partial charge >= 0.3 is 0 Å². The third-order valence-electron chi connectivity index (χ3n) is 2.18. The predicted molar refractivity (Wildman–Crippen MR) is 55.0 cm³/mol. The number of benzene rings is 1. The largest absolute Gasteiger partial charge is 0.479 e. The quantitative estimate of drug-likeness (QED) is 0.706. The van der Waals surface area contributed by atoms with Crippen LogP contribution in [0.1, 0.15) is 6.92 Å². The summed E-state index contributed by atoms with van der Waals surface area (Å²) in [6.45, 7) is 1.58. The summed E-state index contributed by atoms with van der Waals surface area (Å²) >= 11 is 0. The number of amides is 1. The van der Waals surface area contributed by atoms with Gasteiger partial charge in [0.25, 0.3) is 16.0 Å². The van der Waals surface area contributed by atoms with Gasteiger partial charge in [-0.15, -0.1) is 0 Å². The Bertz CT molecular complexity index is 551. The first-order chi connectivity index (χ1) is 7.38. The molecule has 6 nitrogen and oxygen atoms in total. The van der Waals surface area contributed by atoms with Gasteiger partial charge in [0, 0.05) is 0 Å². The number of hydrogen-bond acceptors (Lipinski definition) is 4. The maximum absolute atomic E-state index is 11.3. The monoisotopic (exact) mass is 243 g/mol. The minimum absolute atomic E-state index is 0.234. The second-order valence-corrected chi connectivity index (χ2v) is 4.80. The fourth-order valence-corrected chi connectivity index (χ4v) is 1.86. The molecule has 1 aromatic rings. The van der Waals surface area contributed by atoms with Gasteiger partial charge in [-0.2, -0.15) is 8.42 Å². The van der Waals surface area contributed by atoms with Crippen LogP contribution in [-0.4, -0.2) is 25.0 Å². The van der Waals surface area contributed by atoms with Crippen LogP contribution in [0.3, 0.4) is 0 Å². The molecule has 0 bridgehead atoms. The summed E-state index contributed by atoms with van der Waals surface area (Å²) in [4.78, 5) is 11.0. The van der Waals surface area contributed by atoms with Crippen molar-refractivity contribution in [2.75, 3.05) is 5.32 Å². The summed E-state index contributed by atoms with van der Waals surface area (Å²) < 4.78 is 35.8. The number of anilines is 1. The van der Waals surface area contributed by atoms with Crippen LogP contribution in [0.2, 0.25) is 0 Å². The Morgan fingerprint density at radius 3 is 2.75 bits per heavy atom. The summed E-state index contributed by atoms with van der Waals surface area (Å²) in [6, 6.07) is 3.74. The van der Waals surface area contributed by atoms with Crippen molar-refractivity contribution in [3.8, 4) is 5.75 Å². The van der Waals surface area contributed by atoms with Crippen LogP contribution in [-0.2, 0) is 14.9 Å². The second kappa shape index (κ2) is 3.46. The Balaban J connectivity index is 2.48. The minimum atomic E-state index is -4.27. The van der Waals surface area contributed by atoms with E-state index < -0.39 is 16.2 Å². The van der Waals surface area contributed by atoms with E-state index in [9.17, 15) is 13.2 Å². The second-order valence-electron chi connectivity index (χ2n) is 3.38. The molecule has 86 valence electrons. The van der Waals surface area contributed by atoms with E-state index in [-0.39, 0.29) is 16.5 Å². The number of carbonyl (C=O) groups is 1. The van der Waals surface area contributed by atoms with Crippen molar-refractivity contribution in [2.24, 2.45) is 0 Å². The van der Waals surface area contributed by atoms with Gasteiger partial charge in [0.2, 0.25) is 0 Å². The predicted octanol–water partition coefficient (Wildman–Crippen LogP) is 0.653. The molecule has 1 aliphatic heterocycles. The van der Waals surface area contributed by atoms with E-state index in [4.69, 9.17) is 9.29 Å². The third-order valence-corrected chi connectivity index (χ3v) is 3.03. The summed E-state index contributed by atoms with van der Waals surface area (Å²) in [7, 11) is -4.27. The van der Waals surface area contributed by atoms with Gasteiger partial charge in [-0.25, -0.2) is 0 Å². The molecule has 1 aliphatic rings. The van der Waals surface area contributed by atoms with Crippen molar-refractivity contribution in [3.63, 3.8) is 0 Å². The third kappa shape index (κ3) is 1.86. The topological polar surface area (TPSA) is 92.7 Å². The fourth-order valence-electron chi connectivity index (χ4n) is 1.35. The zero-order chi connectivity index (χ0) is 11.9. The Morgan fingerprint density at radius 2 is 2.12 bits per heavy atom. The van der Waals surface area contributed by atoms with Crippen LogP contribution >= 0.6 is 0 Å². The Kier molecular flexibility index (Phi) is 2.36. The van der Waals surface area contributed by atoms with Crippen molar-refractivity contribution < 1.29 is 22.5 Å². The number of carbonyl (C=O) groups excluding carboxylic acids is 1. The fraction of sp³-hybridized carbons (Fsp3) is 0.222. The van der Waals surface area contributed by atoms with Gasteiger partial charge in [-0.3, -0.25) is 9.35 Å². The standard InChI is InChI=1S/C9H9NO5S/c1-5-9(11)10-7-4-6(16(12,13)14)2-3-8(7)15-5/h2-5H,1H3,(H,10,11)(H,12,13,14). The Labute approximate surface area is 92.0 Å². The van der Waals surface area contributed by atoms with E-state index in [1.165, 1.54) is 12.1 Å². The number of fused-ring (bicyclic) bond motifs is 1. The van der Waals surface area contributed by atoms with Gasteiger partial charge in [0.15, 0.2) is 6.10 Å². The highest BCUT2D eigenvalue weighted by Gasteiger charge is 2.24. The van der Waals surface area contributed by atoms with Crippen molar-refractivity contribution in [2.45, 2.75) is 17.9 Å². The molecular formula is C9H9NO5S. The smallest absolute Gasteiger partial charge is 0.294 e. The molecule has 1 atom stereocenters. The number of ether oxygens (including phenoxy) is 1. The highest BCUT2D eigenvalue weighted by Crippen LogP contribution is 2.31. The molecule has 1 aromatic carbocycles. The molecule has 0 saturated heterocycles. The van der Waals surface area contributed by atoms with Gasteiger partial charge in [-0.1, -0.05) is 0 Å². The van der Waals surface area contributed by atoms with Crippen molar-refractivity contribution in [1.82, 2.24) is 0 Å². The lowest BCUT2D eigenvalue weighted by Crippen LogP contribution is -2.34. The number of hydrogen-bond donors (Lipinski definition) is 2. The van der Waals surface area contributed by atoms with E-state index in [0.717, 1.165) is 6.07 Å². The van der Waals surface area contributed by atoms with Crippen molar-refractivity contribution in [1.29, 1.82) is 0 Å². The molecule has 2 N–H and O–H groups in total. The van der Waals surface area contributed by atoms with Crippen LogP contribution in [0.4, 0.5) is 5.69 Å². The van der Waals surface area contributed by atoms with Crippen LogP contribution in [0.25, 0.3) is 0 Å². The molecular weight excluding hydrogens is 234 g/mol. The highest BCUT2D eigenvalue weighted by atomic mass is 32.2. The number of rotatable bonds is 1. The normalized spacial score (nSPS) is 19.6. The molecule has 1 amide bonds. The SMILES string of the molecule is CC1Oc2ccc(S(=O)(=O)O)cc2NC1=O. The summed E-state index contributed by atoms with van der Waals surface area (Å²) in [6.07, 6.45) is -0.621. The maximum Gasteiger partial charge on any atom is 0.294 e. The first kappa shape index (κ1) is 10.9. The van der Waals surface area contributed by atoms with Crippen molar-refractivity contribution in [3.05, 3.63) is 18.2 Å². The van der Waals surface area contributed by atoms with E-state index in [1.807, 2.05) is 0 Å². The first-order valence-electron chi connectivity index (χ1n) is 4.47. The molecule has 1 heterocycles. The van der Waals surface area contributed by atoms with E-state index >= 15 is 0 Å². The first-order valence-corrected chi connectivity index (χ1v) is 5.91. The van der Waals surface area contributed by atoms with Crippen LogP contribution < -0.4 is 10.1 Å². The molecule has 0 aliphatic carbocycles. The summed E-state index contributed by atoms with van der Waals surface area (Å²) in [5.41, 5.74) is 0.234. The van der Waals surface area contributed by atoms with Crippen LogP contribution in [0.5, 0.6) is 5.75 Å². The maximum atomic E-state index is 11.3. The minimum Gasteiger partial charge on any atom is -0.479 e. The zero-order valence-electron chi connectivity index (χ0n) is 8.30. The summed E-state index contributed by atoms with van der Waals surface area (Å²) in [5.74, 6) is 0.0134. The molecule has 2 rings (SSSR count). The van der Waals surface area contributed by atoms with Crippen LogP contribution in [0, 0.1) is 0 Å². The van der Waals surface area contributed by atoms with E-state index in [0.29, 0.717) is 5.75 Å². The molecule has 16 heavy (non-hydrogen) atoms. The molecule has 0 radical (unpaired) electrons. The lowest BCUT2D eigenvalue weighted by atomic mass is 10.2.